The third kappa shape index (κ3) is 5.03. The predicted molar refractivity (Wildman–Crippen MR) is 111 cm³/mol. The number of benzene rings is 2. The lowest BCUT2D eigenvalue weighted by Gasteiger charge is -2.29. The molecule has 2 aromatic carbocycles. The number of nitrogens with one attached hydrogen (secondary N) is 2. The molecule has 2 aromatic rings. The molecule has 0 aliphatic carbocycles. The van der Waals surface area contributed by atoms with Crippen molar-refractivity contribution in [2.24, 2.45) is 0 Å². The molecule has 2 amide bonds. The number of methoxy groups -OCH3 is 1. The summed E-state index contributed by atoms with van der Waals surface area (Å²) in [6.07, 6.45) is 0.913. The van der Waals surface area contributed by atoms with Gasteiger partial charge in [-0.3, -0.25) is 9.59 Å². The van der Waals surface area contributed by atoms with E-state index in [4.69, 9.17) is 4.74 Å². The molecule has 0 saturated carbocycles. The third-order valence-corrected chi connectivity index (χ3v) is 4.94. The Morgan fingerprint density at radius 2 is 1.82 bits per heavy atom. The number of likely N-dealkylation sites (N-methyl/N-ethyl adjacent to an activating group) is 1. The summed E-state index contributed by atoms with van der Waals surface area (Å²) in [5, 5.41) is 6.17. The molecule has 1 aliphatic rings. The van der Waals surface area contributed by atoms with Crippen LogP contribution in [0.4, 0.5) is 0 Å². The number of carbonyl (C=O) groups excluding carboxylic acids is 2. The highest BCUT2D eigenvalue weighted by Gasteiger charge is 2.31. The Bertz CT molecular complexity index is 777. The molecule has 0 radical (unpaired) electrons. The quantitative estimate of drug-likeness (QED) is 0.777. The lowest BCUT2D eigenvalue weighted by molar-refractivity contribution is -0.133. The zero-order valence-corrected chi connectivity index (χ0v) is 16.9. The van der Waals surface area contributed by atoms with E-state index in [0.29, 0.717) is 11.3 Å². The fourth-order valence-electron chi connectivity index (χ4n) is 3.24. The van der Waals surface area contributed by atoms with Crippen LogP contribution in [-0.2, 0) is 4.79 Å². The van der Waals surface area contributed by atoms with Gasteiger partial charge < -0.3 is 20.3 Å². The predicted octanol–water partition coefficient (Wildman–Crippen LogP) is 2.41. The van der Waals surface area contributed by atoms with Crippen molar-refractivity contribution in [1.82, 2.24) is 15.5 Å². The fraction of sp³-hybridized carbons (Fsp3) is 0.333. The molecule has 1 heterocycles. The van der Waals surface area contributed by atoms with Gasteiger partial charge >= 0.3 is 0 Å². The number of amides is 2. The lowest BCUT2D eigenvalue weighted by Crippen LogP contribution is -2.46. The third-order valence-electron chi connectivity index (χ3n) is 4.94. The second-order valence-electron chi connectivity index (χ2n) is 6.64. The van der Waals surface area contributed by atoms with Gasteiger partial charge in [-0.2, -0.15) is 0 Å². The van der Waals surface area contributed by atoms with E-state index in [9.17, 15) is 9.59 Å². The molecule has 2 N–H and O–H groups in total. The first-order valence-corrected chi connectivity index (χ1v) is 9.07. The van der Waals surface area contributed by atoms with Gasteiger partial charge in [-0.25, -0.2) is 0 Å². The summed E-state index contributed by atoms with van der Waals surface area (Å²) in [5.41, 5.74) is 1.25. The van der Waals surface area contributed by atoms with Crippen molar-refractivity contribution in [3.63, 3.8) is 0 Å². The molecule has 3 rings (SSSR count). The van der Waals surface area contributed by atoms with Gasteiger partial charge in [0.25, 0.3) is 5.91 Å². The first-order chi connectivity index (χ1) is 13.1. The molecule has 1 saturated heterocycles. The number of carbonyl (C=O) groups is 2. The Morgan fingerprint density at radius 3 is 2.39 bits per heavy atom. The van der Waals surface area contributed by atoms with Crippen LogP contribution >= 0.6 is 12.4 Å². The smallest absolute Gasteiger partial charge is 0.252 e. The minimum Gasteiger partial charge on any atom is -0.497 e. The zero-order valence-electron chi connectivity index (χ0n) is 16.1. The first-order valence-electron chi connectivity index (χ1n) is 9.07. The molecular weight excluding hydrogens is 378 g/mol. The van der Waals surface area contributed by atoms with E-state index in [1.165, 1.54) is 0 Å². The Labute approximate surface area is 171 Å². The summed E-state index contributed by atoms with van der Waals surface area (Å²) < 4.78 is 5.13. The monoisotopic (exact) mass is 403 g/mol. The summed E-state index contributed by atoms with van der Waals surface area (Å²) in [6.45, 7) is 1.67. The Morgan fingerprint density at radius 1 is 1.14 bits per heavy atom. The van der Waals surface area contributed by atoms with Gasteiger partial charge in [0.1, 0.15) is 11.8 Å². The molecule has 1 aliphatic heterocycles. The van der Waals surface area contributed by atoms with Gasteiger partial charge in [0, 0.05) is 25.2 Å². The second-order valence-corrected chi connectivity index (χ2v) is 6.64. The highest BCUT2D eigenvalue weighted by atomic mass is 35.5. The van der Waals surface area contributed by atoms with E-state index in [1.807, 2.05) is 30.3 Å². The molecular formula is C21H26ClN3O3. The van der Waals surface area contributed by atoms with Crippen molar-refractivity contribution in [2.45, 2.75) is 18.5 Å². The van der Waals surface area contributed by atoms with Gasteiger partial charge in [0.05, 0.1) is 7.11 Å². The van der Waals surface area contributed by atoms with E-state index in [1.54, 1.807) is 43.3 Å². The average molecular weight is 404 g/mol. The largest absolute Gasteiger partial charge is 0.497 e. The Kier molecular flexibility index (Phi) is 7.84. The number of ether oxygens (including phenoxy) is 1. The van der Waals surface area contributed by atoms with Crippen LogP contribution in [0.5, 0.6) is 5.75 Å². The number of hydrogen-bond acceptors (Lipinski definition) is 4. The van der Waals surface area contributed by atoms with E-state index in [0.717, 1.165) is 25.1 Å². The summed E-state index contributed by atoms with van der Waals surface area (Å²) >= 11 is 0. The molecule has 6 nitrogen and oxygen atoms in total. The topological polar surface area (TPSA) is 70.7 Å². The minimum absolute atomic E-state index is 0. The highest BCUT2D eigenvalue weighted by Crippen LogP contribution is 2.20. The SMILES string of the molecule is COc1ccc(C(=O)NC(C(=O)N(C)C2CCNC2)c2ccccc2)cc1.Cl. The van der Waals surface area contributed by atoms with Crippen LogP contribution in [0.15, 0.2) is 54.6 Å². The number of halogens is 1. The first kappa shape index (κ1) is 21.7. The Balaban J connectivity index is 0.00000280. The number of hydrogen-bond donors (Lipinski definition) is 2. The van der Waals surface area contributed by atoms with Crippen LogP contribution < -0.4 is 15.4 Å². The molecule has 2 unspecified atom stereocenters. The van der Waals surface area contributed by atoms with Gasteiger partial charge in [0.15, 0.2) is 0 Å². The molecule has 1 fully saturated rings. The van der Waals surface area contributed by atoms with Crippen LogP contribution in [0.1, 0.15) is 28.4 Å². The zero-order chi connectivity index (χ0) is 19.2. The van der Waals surface area contributed by atoms with Gasteiger partial charge in [0.2, 0.25) is 5.91 Å². The lowest BCUT2D eigenvalue weighted by atomic mass is 10.0. The summed E-state index contributed by atoms with van der Waals surface area (Å²) in [4.78, 5) is 27.6. The van der Waals surface area contributed by atoms with Crippen molar-refractivity contribution in [2.75, 3.05) is 27.2 Å². The maximum absolute atomic E-state index is 13.2. The van der Waals surface area contributed by atoms with Crippen molar-refractivity contribution < 1.29 is 14.3 Å². The van der Waals surface area contributed by atoms with Crippen LogP contribution in [0, 0.1) is 0 Å². The van der Waals surface area contributed by atoms with Crippen molar-refractivity contribution in [1.29, 1.82) is 0 Å². The fourth-order valence-corrected chi connectivity index (χ4v) is 3.24. The molecule has 28 heavy (non-hydrogen) atoms. The molecule has 7 heteroatoms. The van der Waals surface area contributed by atoms with Gasteiger partial charge in [-0.05, 0) is 42.8 Å². The summed E-state index contributed by atoms with van der Waals surface area (Å²) in [6, 6.07) is 15.6. The van der Waals surface area contributed by atoms with Crippen molar-refractivity contribution >= 4 is 24.2 Å². The van der Waals surface area contributed by atoms with Crippen LogP contribution in [0.25, 0.3) is 0 Å². The molecule has 0 spiro atoms. The van der Waals surface area contributed by atoms with E-state index < -0.39 is 6.04 Å². The maximum Gasteiger partial charge on any atom is 0.252 e. The number of nitrogens with zero attached hydrogens (tertiary/aromatic N) is 1. The molecule has 0 bridgehead atoms. The molecule has 2 atom stereocenters. The maximum atomic E-state index is 13.2. The van der Waals surface area contributed by atoms with Crippen molar-refractivity contribution in [3.8, 4) is 5.75 Å². The summed E-state index contributed by atoms with van der Waals surface area (Å²) in [5.74, 6) is 0.269. The van der Waals surface area contributed by atoms with E-state index in [2.05, 4.69) is 10.6 Å². The van der Waals surface area contributed by atoms with Crippen LogP contribution in [0.3, 0.4) is 0 Å². The van der Waals surface area contributed by atoms with Gasteiger partial charge in [-0.1, -0.05) is 30.3 Å². The molecule has 150 valence electrons. The van der Waals surface area contributed by atoms with Gasteiger partial charge in [-0.15, -0.1) is 12.4 Å². The second kappa shape index (κ2) is 10.1. The molecule has 0 aromatic heterocycles. The standard InChI is InChI=1S/C21H25N3O3.ClH/c1-24(17-12-13-22-14-17)21(26)19(15-6-4-3-5-7-15)23-20(25)16-8-10-18(27-2)11-9-16;/h3-11,17,19,22H,12-14H2,1-2H3,(H,23,25);1H. The normalized spacial score (nSPS) is 16.6. The van der Waals surface area contributed by atoms with Crippen molar-refractivity contribution in [3.05, 3.63) is 65.7 Å². The van der Waals surface area contributed by atoms with Crippen LogP contribution in [-0.4, -0.2) is 50.0 Å². The van der Waals surface area contributed by atoms with E-state index in [-0.39, 0.29) is 30.3 Å². The van der Waals surface area contributed by atoms with E-state index >= 15 is 0 Å². The summed E-state index contributed by atoms with van der Waals surface area (Å²) in [7, 11) is 3.38. The number of rotatable bonds is 6. The minimum atomic E-state index is -0.730. The Hall–Kier alpha value is -2.57. The van der Waals surface area contributed by atoms with Crippen LogP contribution in [0.2, 0.25) is 0 Å². The average Bonchev–Trinajstić information content (AvgIpc) is 3.26. The highest BCUT2D eigenvalue weighted by molar-refractivity contribution is 5.98.